The smallest absolute Gasteiger partial charge is 0.223 e. The fourth-order valence-electron chi connectivity index (χ4n) is 4.30. The Morgan fingerprint density at radius 1 is 1.13 bits per heavy atom. The van der Waals surface area contributed by atoms with E-state index in [0.717, 1.165) is 37.2 Å². The van der Waals surface area contributed by atoms with Crippen molar-refractivity contribution in [3.05, 3.63) is 65.5 Å². The number of carbonyl (C=O) groups excluding carboxylic acids is 1. The average Bonchev–Trinajstić information content (AvgIpc) is 2.97. The number of halogens is 1. The molecule has 0 saturated carbocycles. The number of rotatable bonds is 5. The summed E-state index contributed by atoms with van der Waals surface area (Å²) in [7, 11) is 1.73. The summed E-state index contributed by atoms with van der Waals surface area (Å²) in [4.78, 5) is 16.9. The van der Waals surface area contributed by atoms with E-state index < -0.39 is 6.10 Å². The fraction of sp³-hybridized carbons (Fsp3) is 0.458. The maximum atomic E-state index is 14.5. The fourth-order valence-corrected chi connectivity index (χ4v) is 4.30. The van der Waals surface area contributed by atoms with Gasteiger partial charge >= 0.3 is 0 Å². The highest BCUT2D eigenvalue weighted by Crippen LogP contribution is 2.32. The number of hydrogen-bond acceptors (Lipinski definition) is 4. The van der Waals surface area contributed by atoms with E-state index in [1.165, 1.54) is 6.07 Å². The van der Waals surface area contributed by atoms with Gasteiger partial charge in [0.25, 0.3) is 0 Å². The van der Waals surface area contributed by atoms with Crippen molar-refractivity contribution in [3.8, 4) is 5.75 Å². The van der Waals surface area contributed by atoms with Crippen molar-refractivity contribution in [2.45, 2.75) is 38.0 Å². The van der Waals surface area contributed by atoms with E-state index in [1.54, 1.807) is 19.2 Å². The standard InChI is InChI=1S/C24H29FN2O3/c1-29-19-10-14-27(15-11-19)24(28)12-13-26-16-18-6-2-5-9-22(18)30-23(17-26)20-7-3-4-8-21(20)25/h2-9,19,23H,10-17H2,1H3. The van der Waals surface area contributed by atoms with Gasteiger partial charge in [-0.25, -0.2) is 4.39 Å². The Morgan fingerprint density at radius 3 is 2.63 bits per heavy atom. The number of amides is 1. The van der Waals surface area contributed by atoms with Crippen molar-refractivity contribution < 1.29 is 18.7 Å². The third kappa shape index (κ3) is 4.82. The van der Waals surface area contributed by atoms with Crippen molar-refractivity contribution in [2.75, 3.05) is 33.3 Å². The number of benzene rings is 2. The summed E-state index contributed by atoms with van der Waals surface area (Å²) in [6, 6.07) is 14.6. The maximum absolute atomic E-state index is 14.5. The van der Waals surface area contributed by atoms with Gasteiger partial charge in [-0.1, -0.05) is 36.4 Å². The molecule has 4 rings (SSSR count). The highest BCUT2D eigenvalue weighted by molar-refractivity contribution is 5.76. The van der Waals surface area contributed by atoms with Crippen molar-refractivity contribution in [3.63, 3.8) is 0 Å². The van der Waals surface area contributed by atoms with E-state index in [4.69, 9.17) is 9.47 Å². The molecule has 0 bridgehead atoms. The van der Waals surface area contributed by atoms with Crippen LogP contribution in [0.1, 0.15) is 36.5 Å². The first-order valence-electron chi connectivity index (χ1n) is 10.7. The van der Waals surface area contributed by atoms with Gasteiger partial charge in [0.2, 0.25) is 5.91 Å². The van der Waals surface area contributed by atoms with Crippen molar-refractivity contribution in [2.24, 2.45) is 0 Å². The second-order valence-electron chi connectivity index (χ2n) is 8.04. The highest BCUT2D eigenvalue weighted by Gasteiger charge is 2.27. The third-order valence-electron chi connectivity index (χ3n) is 6.08. The summed E-state index contributed by atoms with van der Waals surface area (Å²) in [5.41, 5.74) is 1.61. The summed E-state index contributed by atoms with van der Waals surface area (Å²) in [5.74, 6) is 0.686. The molecule has 0 aromatic heterocycles. The molecule has 30 heavy (non-hydrogen) atoms. The molecule has 2 aliphatic heterocycles. The second-order valence-corrected chi connectivity index (χ2v) is 8.04. The van der Waals surface area contributed by atoms with Crippen LogP contribution in [-0.4, -0.2) is 55.1 Å². The predicted octanol–water partition coefficient (Wildman–Crippen LogP) is 3.79. The van der Waals surface area contributed by atoms with Crippen molar-refractivity contribution in [1.82, 2.24) is 9.80 Å². The van der Waals surface area contributed by atoms with Crippen LogP contribution >= 0.6 is 0 Å². The molecule has 2 aliphatic rings. The summed E-state index contributed by atoms with van der Waals surface area (Å²) in [6.45, 7) is 3.34. The lowest BCUT2D eigenvalue weighted by atomic mass is 10.1. The topological polar surface area (TPSA) is 42.0 Å². The molecular formula is C24H29FN2O3. The van der Waals surface area contributed by atoms with Gasteiger partial charge in [0, 0.05) is 57.4 Å². The van der Waals surface area contributed by atoms with Crippen molar-refractivity contribution >= 4 is 5.91 Å². The van der Waals surface area contributed by atoms with E-state index in [0.29, 0.717) is 31.6 Å². The average molecular weight is 413 g/mol. The van der Waals surface area contributed by atoms with Gasteiger partial charge in [0.05, 0.1) is 6.10 Å². The number of carbonyl (C=O) groups is 1. The molecule has 1 amide bonds. The third-order valence-corrected chi connectivity index (χ3v) is 6.08. The first-order valence-corrected chi connectivity index (χ1v) is 10.7. The molecule has 1 atom stereocenters. The van der Waals surface area contributed by atoms with Crippen molar-refractivity contribution in [1.29, 1.82) is 0 Å². The minimum atomic E-state index is -0.414. The molecule has 1 unspecified atom stereocenters. The Bertz CT molecular complexity index is 867. The van der Waals surface area contributed by atoms with Gasteiger partial charge < -0.3 is 14.4 Å². The van der Waals surface area contributed by atoms with Gasteiger partial charge in [-0.3, -0.25) is 9.69 Å². The van der Waals surface area contributed by atoms with Crippen LogP contribution in [0.3, 0.4) is 0 Å². The van der Waals surface area contributed by atoms with Gasteiger partial charge in [-0.15, -0.1) is 0 Å². The first kappa shape index (κ1) is 20.8. The zero-order valence-electron chi connectivity index (χ0n) is 17.4. The molecule has 2 heterocycles. The Morgan fingerprint density at radius 2 is 1.87 bits per heavy atom. The molecule has 1 fully saturated rings. The maximum Gasteiger partial charge on any atom is 0.223 e. The normalized spacial score (nSPS) is 20.3. The van der Waals surface area contributed by atoms with Crippen LogP contribution in [0.15, 0.2) is 48.5 Å². The van der Waals surface area contributed by atoms with E-state index in [9.17, 15) is 9.18 Å². The minimum absolute atomic E-state index is 0.172. The van der Waals surface area contributed by atoms with Crippen LogP contribution in [0.4, 0.5) is 4.39 Å². The lowest BCUT2D eigenvalue weighted by molar-refractivity contribution is -0.133. The summed E-state index contributed by atoms with van der Waals surface area (Å²) in [5, 5.41) is 0. The largest absolute Gasteiger partial charge is 0.484 e. The lowest BCUT2D eigenvalue weighted by Gasteiger charge is -2.32. The Balaban J connectivity index is 1.44. The zero-order chi connectivity index (χ0) is 20.9. The molecule has 0 aliphatic carbocycles. The zero-order valence-corrected chi connectivity index (χ0v) is 17.4. The van der Waals surface area contributed by atoms with Gasteiger partial charge in [-0.2, -0.15) is 0 Å². The van der Waals surface area contributed by atoms with E-state index in [2.05, 4.69) is 4.90 Å². The molecule has 0 spiro atoms. The molecule has 2 aromatic carbocycles. The van der Waals surface area contributed by atoms with Gasteiger partial charge in [-0.05, 0) is 25.0 Å². The molecule has 160 valence electrons. The Labute approximate surface area is 177 Å². The Hall–Kier alpha value is -2.44. The molecule has 6 heteroatoms. The van der Waals surface area contributed by atoms with E-state index >= 15 is 0 Å². The molecule has 5 nitrogen and oxygen atoms in total. The van der Waals surface area contributed by atoms with Gasteiger partial charge in [0.15, 0.2) is 0 Å². The molecule has 0 N–H and O–H groups in total. The second kappa shape index (κ2) is 9.58. The number of nitrogens with zero attached hydrogens (tertiary/aromatic N) is 2. The molecular weight excluding hydrogens is 383 g/mol. The number of ether oxygens (including phenoxy) is 2. The SMILES string of the molecule is COC1CCN(C(=O)CCN2Cc3ccccc3OC(c3ccccc3F)C2)CC1. The van der Waals surface area contributed by atoms with Gasteiger partial charge in [0.1, 0.15) is 17.7 Å². The quantitative estimate of drug-likeness (QED) is 0.749. The summed E-state index contributed by atoms with van der Waals surface area (Å²) >= 11 is 0. The van der Waals surface area contributed by atoms with Crippen LogP contribution in [0, 0.1) is 5.82 Å². The lowest BCUT2D eigenvalue weighted by Crippen LogP contribution is -2.42. The molecule has 0 radical (unpaired) electrons. The van der Waals surface area contributed by atoms with E-state index in [-0.39, 0.29) is 17.8 Å². The van der Waals surface area contributed by atoms with Crippen LogP contribution in [0.25, 0.3) is 0 Å². The minimum Gasteiger partial charge on any atom is -0.484 e. The first-order chi connectivity index (χ1) is 14.6. The Kier molecular flexibility index (Phi) is 6.65. The molecule has 2 aromatic rings. The van der Waals surface area contributed by atoms with Crippen LogP contribution in [0.2, 0.25) is 0 Å². The number of piperidine rings is 1. The van der Waals surface area contributed by atoms with E-state index in [1.807, 2.05) is 35.2 Å². The number of methoxy groups -OCH3 is 1. The number of fused-ring (bicyclic) bond motifs is 1. The number of hydrogen-bond donors (Lipinski definition) is 0. The number of likely N-dealkylation sites (tertiary alicyclic amines) is 1. The predicted molar refractivity (Wildman–Crippen MR) is 113 cm³/mol. The monoisotopic (exact) mass is 412 g/mol. The summed E-state index contributed by atoms with van der Waals surface area (Å²) in [6.07, 6.45) is 2.08. The number of para-hydroxylation sites is 1. The molecule has 1 saturated heterocycles. The van der Waals surface area contributed by atoms with Crippen LogP contribution in [-0.2, 0) is 16.1 Å². The van der Waals surface area contributed by atoms with Crippen LogP contribution < -0.4 is 4.74 Å². The van der Waals surface area contributed by atoms with Crippen LogP contribution in [0.5, 0.6) is 5.75 Å². The highest BCUT2D eigenvalue weighted by atomic mass is 19.1. The summed E-state index contributed by atoms with van der Waals surface area (Å²) < 4.78 is 26.1.